The first-order valence-corrected chi connectivity index (χ1v) is 2.45. The maximum Gasteiger partial charge on any atom is 2.00 e. The molecule has 47 valence electrons. The Kier molecular flexibility index (Phi) is 11.7. The van der Waals surface area contributed by atoms with Crippen LogP contribution in [0.2, 0.25) is 0 Å². The third-order valence-corrected chi connectivity index (χ3v) is 0. The molecule has 7 heavy (non-hydrogen) atoms. The van der Waals surface area contributed by atoms with Crippen molar-refractivity contribution in [1.82, 2.24) is 0 Å². The molecule has 0 aliphatic carbocycles. The maximum absolute atomic E-state index is 8.58. The van der Waals surface area contributed by atoms with Crippen LogP contribution in [0.3, 0.4) is 0 Å². The molecule has 0 amide bonds. The predicted molar refractivity (Wildman–Crippen MR) is 5.75 cm³/mol. The average molecular weight is 210 g/mol. The van der Waals surface area contributed by atoms with Crippen molar-refractivity contribution in [2.75, 3.05) is 0 Å². The fraction of sp³-hybridized carbons (Fsp3) is 0. The Hall–Kier alpha value is 1.06. The van der Waals surface area contributed by atoms with Gasteiger partial charge in [0.2, 0.25) is 0 Å². The molecule has 0 aliphatic heterocycles. The van der Waals surface area contributed by atoms with Crippen molar-refractivity contribution in [3.05, 3.63) is 0 Å². The van der Waals surface area contributed by atoms with Crippen LogP contribution in [0.25, 0.3) is 0 Å². The Balaban J connectivity index is -0.0000000800. The molecule has 0 fully saturated rings. The SMILES string of the molecule is [Co+2].[Ni+2].[O-][Si]([O-])([O-])[O-]. The van der Waals surface area contributed by atoms with E-state index in [2.05, 4.69) is 0 Å². The van der Waals surface area contributed by atoms with Crippen LogP contribution >= 0.6 is 0 Å². The largest absolute Gasteiger partial charge is 2.00 e. The van der Waals surface area contributed by atoms with Gasteiger partial charge in [-0.25, -0.2) is 0 Å². The van der Waals surface area contributed by atoms with Crippen molar-refractivity contribution in [3.8, 4) is 0 Å². The van der Waals surface area contributed by atoms with Crippen LogP contribution in [0.5, 0.6) is 0 Å². The van der Waals surface area contributed by atoms with Gasteiger partial charge in [-0.15, -0.1) is 0 Å². The Bertz CT molecular complexity index is 27.2. The molecule has 0 rings (SSSR count). The van der Waals surface area contributed by atoms with E-state index < -0.39 is 9.05 Å². The molecule has 0 aromatic carbocycles. The summed E-state index contributed by atoms with van der Waals surface area (Å²) in [6.45, 7) is 0. The first kappa shape index (κ1) is 15.7. The summed E-state index contributed by atoms with van der Waals surface area (Å²) in [5.74, 6) is 0. The third kappa shape index (κ3) is 162. The Morgan fingerprint density at radius 1 is 0.857 bits per heavy atom. The minimum Gasteiger partial charge on any atom is -0.894 e. The van der Waals surface area contributed by atoms with Gasteiger partial charge in [0, 0.05) is 0 Å². The second-order valence-electron chi connectivity index (χ2n) is 0.500. The minimum absolute atomic E-state index is 0. The van der Waals surface area contributed by atoms with Gasteiger partial charge in [-0.05, 0) is 0 Å². The van der Waals surface area contributed by atoms with E-state index in [1.165, 1.54) is 0 Å². The molecule has 0 spiro atoms. The zero-order chi connectivity index (χ0) is 4.50. The number of hydrogen-bond donors (Lipinski definition) is 0. The molecular weight excluding hydrogens is 210 g/mol. The summed E-state index contributed by atoms with van der Waals surface area (Å²) in [5.41, 5.74) is 0. The third-order valence-electron chi connectivity index (χ3n) is 0. The maximum atomic E-state index is 8.58. The number of rotatable bonds is 0. The zero-order valence-electron chi connectivity index (χ0n) is 2.78. The number of hydrogen-bond acceptors (Lipinski definition) is 4. The molecule has 0 atom stereocenters. The van der Waals surface area contributed by atoms with E-state index in [1.807, 2.05) is 0 Å². The standard InChI is InChI=1S/Co.Ni.O4Si/c;;1-5(2,3)4/q2*+2;-4. The van der Waals surface area contributed by atoms with Gasteiger partial charge in [-0.3, -0.25) is 0 Å². The van der Waals surface area contributed by atoms with E-state index in [0.717, 1.165) is 0 Å². The van der Waals surface area contributed by atoms with Crippen LogP contribution in [0.15, 0.2) is 0 Å². The summed E-state index contributed by atoms with van der Waals surface area (Å²) in [6.07, 6.45) is 0. The summed E-state index contributed by atoms with van der Waals surface area (Å²) >= 11 is 0. The van der Waals surface area contributed by atoms with Gasteiger partial charge in [0.05, 0.1) is 0 Å². The molecule has 0 saturated heterocycles. The van der Waals surface area contributed by atoms with Gasteiger partial charge >= 0.3 is 33.3 Å². The fourth-order valence-electron chi connectivity index (χ4n) is 0. The van der Waals surface area contributed by atoms with Gasteiger partial charge in [0.1, 0.15) is 0 Å². The zero-order valence-corrected chi connectivity index (χ0v) is 5.81. The first-order valence-electron chi connectivity index (χ1n) is 0.816. The quantitative estimate of drug-likeness (QED) is 0.373. The summed E-state index contributed by atoms with van der Waals surface area (Å²) in [5, 5.41) is 0. The molecule has 0 saturated carbocycles. The fourth-order valence-corrected chi connectivity index (χ4v) is 0. The van der Waals surface area contributed by atoms with E-state index in [0.29, 0.717) is 0 Å². The molecule has 0 heterocycles. The molecule has 7 heteroatoms. The average Bonchev–Trinajstić information content (AvgIpc) is 0.722. The van der Waals surface area contributed by atoms with Gasteiger partial charge in [-0.2, -0.15) is 0 Å². The van der Waals surface area contributed by atoms with Gasteiger partial charge in [0.15, 0.2) is 0 Å². The smallest absolute Gasteiger partial charge is 0.894 e. The molecule has 0 unspecified atom stereocenters. The van der Waals surface area contributed by atoms with E-state index in [1.54, 1.807) is 0 Å². The van der Waals surface area contributed by atoms with E-state index in [-0.39, 0.29) is 33.3 Å². The van der Waals surface area contributed by atoms with E-state index in [9.17, 15) is 0 Å². The first-order chi connectivity index (χ1) is 2.00. The summed E-state index contributed by atoms with van der Waals surface area (Å²) in [4.78, 5) is 34.3. The Morgan fingerprint density at radius 3 is 0.857 bits per heavy atom. The molecule has 1 radical (unpaired) electrons. The summed E-state index contributed by atoms with van der Waals surface area (Å²) in [7, 11) is -5.61. The van der Waals surface area contributed by atoms with Gasteiger partial charge in [-0.1, -0.05) is 0 Å². The van der Waals surface area contributed by atoms with Crippen LogP contribution in [0.1, 0.15) is 0 Å². The van der Waals surface area contributed by atoms with Crippen molar-refractivity contribution < 1.29 is 52.5 Å². The normalized spacial score (nSPS) is 8.57. The van der Waals surface area contributed by atoms with Gasteiger partial charge < -0.3 is 28.2 Å². The van der Waals surface area contributed by atoms with Crippen molar-refractivity contribution in [2.24, 2.45) is 0 Å². The van der Waals surface area contributed by atoms with Crippen molar-refractivity contribution >= 4 is 9.05 Å². The molecule has 0 aliphatic rings. The van der Waals surface area contributed by atoms with E-state index >= 15 is 0 Å². The molecule has 0 N–H and O–H groups in total. The Labute approximate surface area is 61.8 Å². The predicted octanol–water partition coefficient (Wildman–Crippen LogP) is -5.14. The van der Waals surface area contributed by atoms with Crippen molar-refractivity contribution in [1.29, 1.82) is 0 Å². The second-order valence-corrected chi connectivity index (χ2v) is 1.50. The monoisotopic (exact) mass is 209 g/mol. The van der Waals surface area contributed by atoms with Crippen LogP contribution < -0.4 is 19.2 Å². The van der Waals surface area contributed by atoms with Crippen LogP contribution in [0, 0.1) is 0 Å². The van der Waals surface area contributed by atoms with E-state index in [4.69, 9.17) is 19.2 Å². The van der Waals surface area contributed by atoms with Crippen LogP contribution in [-0.2, 0) is 33.3 Å². The summed E-state index contributed by atoms with van der Waals surface area (Å²) in [6, 6.07) is 0. The van der Waals surface area contributed by atoms with Crippen molar-refractivity contribution in [2.45, 2.75) is 0 Å². The van der Waals surface area contributed by atoms with Crippen LogP contribution in [0.4, 0.5) is 0 Å². The molecular formula is CoNiO4Si. The minimum atomic E-state index is -5.61. The van der Waals surface area contributed by atoms with Gasteiger partial charge in [0.25, 0.3) is 0 Å². The molecule has 0 bridgehead atoms. The van der Waals surface area contributed by atoms with Crippen LogP contribution in [-0.4, -0.2) is 9.05 Å². The molecule has 4 nitrogen and oxygen atoms in total. The van der Waals surface area contributed by atoms with Crippen molar-refractivity contribution in [3.63, 3.8) is 0 Å². The molecule has 0 aromatic rings. The Morgan fingerprint density at radius 2 is 0.857 bits per heavy atom. The summed E-state index contributed by atoms with van der Waals surface area (Å²) < 4.78 is 0. The molecule has 0 aromatic heterocycles. The second kappa shape index (κ2) is 5.20. The topological polar surface area (TPSA) is 92.2 Å².